The van der Waals surface area contributed by atoms with E-state index in [9.17, 15) is 0 Å². The van der Waals surface area contributed by atoms with Gasteiger partial charge in [-0.2, -0.15) is 0 Å². The minimum absolute atomic E-state index is 0.469. The quantitative estimate of drug-likeness (QED) is 0.340. The van der Waals surface area contributed by atoms with Gasteiger partial charge in [0.15, 0.2) is 5.96 Å². The molecule has 128 valence electrons. The Hall–Kier alpha value is -2.05. The summed E-state index contributed by atoms with van der Waals surface area (Å²) in [6, 6.07) is 7.21. The standard InChI is InChI=1S/C16H19Cl2N5O/c1-19-16(20-7-6-12-2-4-14(18)22-10-12)21-8-9-24-15-5-3-13(17)11-23-15/h2-5,10-11H,6-9H2,1H3,(H2,19,20,21). The Morgan fingerprint density at radius 2 is 1.92 bits per heavy atom. The van der Waals surface area contributed by atoms with Gasteiger partial charge in [-0.1, -0.05) is 29.3 Å². The van der Waals surface area contributed by atoms with Crippen LogP contribution in [-0.2, 0) is 6.42 Å². The molecule has 6 nitrogen and oxygen atoms in total. The minimum Gasteiger partial charge on any atom is -0.476 e. The second-order valence-corrected chi connectivity index (χ2v) is 5.65. The molecule has 0 unspecified atom stereocenters. The topological polar surface area (TPSA) is 71.4 Å². The van der Waals surface area contributed by atoms with Crippen molar-refractivity contribution in [3.63, 3.8) is 0 Å². The maximum atomic E-state index is 5.77. The summed E-state index contributed by atoms with van der Waals surface area (Å²) in [5.41, 5.74) is 1.11. The molecule has 0 aliphatic rings. The number of hydrogen-bond donors (Lipinski definition) is 2. The van der Waals surface area contributed by atoms with Crippen LogP contribution < -0.4 is 15.4 Å². The number of rotatable bonds is 7. The third-order valence-corrected chi connectivity index (χ3v) is 3.51. The van der Waals surface area contributed by atoms with E-state index >= 15 is 0 Å². The van der Waals surface area contributed by atoms with E-state index in [1.165, 1.54) is 0 Å². The number of halogens is 2. The fourth-order valence-corrected chi connectivity index (χ4v) is 2.10. The van der Waals surface area contributed by atoms with Crippen LogP contribution in [0.5, 0.6) is 5.88 Å². The summed E-state index contributed by atoms with van der Waals surface area (Å²) < 4.78 is 5.51. The highest BCUT2D eigenvalue weighted by atomic mass is 35.5. The molecule has 2 N–H and O–H groups in total. The molecular formula is C16H19Cl2N5O. The van der Waals surface area contributed by atoms with Gasteiger partial charge in [0.25, 0.3) is 0 Å². The number of aromatic nitrogens is 2. The number of nitrogens with one attached hydrogen (secondary N) is 2. The van der Waals surface area contributed by atoms with Crippen molar-refractivity contribution in [2.45, 2.75) is 6.42 Å². The predicted molar refractivity (Wildman–Crippen MR) is 97.1 cm³/mol. The van der Waals surface area contributed by atoms with Crippen LogP contribution in [0.1, 0.15) is 5.56 Å². The van der Waals surface area contributed by atoms with E-state index in [1.807, 2.05) is 6.07 Å². The summed E-state index contributed by atoms with van der Waals surface area (Å²) in [5, 5.41) is 7.48. The number of pyridine rings is 2. The zero-order chi connectivity index (χ0) is 17.2. The zero-order valence-corrected chi connectivity index (χ0v) is 14.8. The van der Waals surface area contributed by atoms with Crippen molar-refractivity contribution in [1.29, 1.82) is 0 Å². The lowest BCUT2D eigenvalue weighted by molar-refractivity contribution is 0.309. The Balaban J connectivity index is 1.63. The number of guanidine groups is 1. The maximum Gasteiger partial charge on any atom is 0.213 e. The second-order valence-electron chi connectivity index (χ2n) is 4.83. The molecule has 0 spiro atoms. The third-order valence-electron chi connectivity index (χ3n) is 3.06. The largest absolute Gasteiger partial charge is 0.476 e. The molecule has 0 bridgehead atoms. The average Bonchev–Trinajstić information content (AvgIpc) is 2.60. The first-order valence-corrected chi connectivity index (χ1v) is 8.22. The normalized spacial score (nSPS) is 11.2. The third kappa shape index (κ3) is 6.60. The van der Waals surface area contributed by atoms with Gasteiger partial charge in [0.2, 0.25) is 5.88 Å². The van der Waals surface area contributed by atoms with Crippen LogP contribution in [0.2, 0.25) is 10.2 Å². The first-order valence-electron chi connectivity index (χ1n) is 7.46. The summed E-state index contributed by atoms with van der Waals surface area (Å²) in [5.74, 6) is 1.25. The Labute approximate surface area is 151 Å². The van der Waals surface area contributed by atoms with Crippen molar-refractivity contribution in [2.75, 3.05) is 26.7 Å². The van der Waals surface area contributed by atoms with Crippen molar-refractivity contribution in [3.05, 3.63) is 52.4 Å². The van der Waals surface area contributed by atoms with Gasteiger partial charge in [0.05, 0.1) is 11.6 Å². The molecule has 8 heteroatoms. The van der Waals surface area contributed by atoms with E-state index in [2.05, 4.69) is 25.6 Å². The number of nitrogens with zero attached hydrogens (tertiary/aromatic N) is 3. The first-order chi connectivity index (χ1) is 11.7. The molecule has 0 fully saturated rings. The molecular weight excluding hydrogens is 349 g/mol. The van der Waals surface area contributed by atoms with Gasteiger partial charge < -0.3 is 15.4 Å². The van der Waals surface area contributed by atoms with Crippen LogP contribution in [-0.4, -0.2) is 42.7 Å². The van der Waals surface area contributed by atoms with E-state index in [1.54, 1.807) is 37.6 Å². The molecule has 2 aromatic heterocycles. The molecule has 0 saturated carbocycles. The highest BCUT2D eigenvalue weighted by Gasteiger charge is 2.00. The Bertz CT molecular complexity index is 647. The van der Waals surface area contributed by atoms with Gasteiger partial charge in [-0.05, 0) is 24.1 Å². The van der Waals surface area contributed by atoms with Gasteiger partial charge in [0, 0.05) is 32.1 Å². The van der Waals surface area contributed by atoms with Crippen molar-refractivity contribution in [1.82, 2.24) is 20.6 Å². The summed E-state index contributed by atoms with van der Waals surface area (Å²) in [7, 11) is 1.72. The molecule has 0 aliphatic heterocycles. The predicted octanol–water partition coefficient (Wildman–Crippen LogP) is 2.57. The molecule has 0 aromatic carbocycles. The molecule has 2 heterocycles. The molecule has 24 heavy (non-hydrogen) atoms. The van der Waals surface area contributed by atoms with Gasteiger partial charge >= 0.3 is 0 Å². The second kappa shape index (κ2) is 9.95. The van der Waals surface area contributed by atoms with Gasteiger partial charge in [-0.25, -0.2) is 9.97 Å². The van der Waals surface area contributed by atoms with Crippen LogP contribution in [0.4, 0.5) is 0 Å². The van der Waals surface area contributed by atoms with Crippen molar-refractivity contribution >= 4 is 29.2 Å². The fourth-order valence-electron chi connectivity index (χ4n) is 1.87. The van der Waals surface area contributed by atoms with E-state index in [0.717, 1.165) is 18.5 Å². The smallest absolute Gasteiger partial charge is 0.213 e. The van der Waals surface area contributed by atoms with E-state index in [0.29, 0.717) is 35.2 Å². The summed E-state index contributed by atoms with van der Waals surface area (Å²) in [6.45, 7) is 1.81. The Kier molecular flexibility index (Phi) is 7.58. The van der Waals surface area contributed by atoms with Crippen LogP contribution >= 0.6 is 23.2 Å². The lowest BCUT2D eigenvalue weighted by atomic mass is 10.2. The molecule has 2 rings (SSSR count). The lowest BCUT2D eigenvalue weighted by Gasteiger charge is -2.12. The monoisotopic (exact) mass is 367 g/mol. The van der Waals surface area contributed by atoms with Crippen molar-refractivity contribution in [3.8, 4) is 5.88 Å². The van der Waals surface area contributed by atoms with E-state index in [4.69, 9.17) is 27.9 Å². The van der Waals surface area contributed by atoms with Crippen molar-refractivity contribution in [2.24, 2.45) is 4.99 Å². The number of ether oxygens (including phenoxy) is 1. The highest BCUT2D eigenvalue weighted by molar-refractivity contribution is 6.30. The van der Waals surface area contributed by atoms with Gasteiger partial charge in [0.1, 0.15) is 11.8 Å². The average molecular weight is 368 g/mol. The summed E-state index contributed by atoms with van der Waals surface area (Å²) in [4.78, 5) is 12.3. The van der Waals surface area contributed by atoms with Crippen LogP contribution in [0.3, 0.4) is 0 Å². The van der Waals surface area contributed by atoms with Gasteiger partial charge in [-0.3, -0.25) is 4.99 Å². The summed E-state index contributed by atoms with van der Waals surface area (Å²) >= 11 is 11.5. The summed E-state index contributed by atoms with van der Waals surface area (Å²) in [6.07, 6.45) is 4.15. The fraction of sp³-hybridized carbons (Fsp3) is 0.312. The van der Waals surface area contributed by atoms with Gasteiger partial charge in [-0.15, -0.1) is 0 Å². The molecule has 0 radical (unpaired) electrons. The highest BCUT2D eigenvalue weighted by Crippen LogP contribution is 2.10. The SMILES string of the molecule is CN=C(NCCOc1ccc(Cl)cn1)NCCc1ccc(Cl)nc1. The Morgan fingerprint density at radius 3 is 2.58 bits per heavy atom. The van der Waals surface area contributed by atoms with Crippen LogP contribution in [0.25, 0.3) is 0 Å². The molecule has 0 atom stereocenters. The zero-order valence-electron chi connectivity index (χ0n) is 13.3. The van der Waals surface area contributed by atoms with E-state index in [-0.39, 0.29) is 0 Å². The number of aliphatic imine (C=N–C) groups is 1. The van der Waals surface area contributed by atoms with E-state index < -0.39 is 0 Å². The molecule has 0 saturated heterocycles. The molecule has 0 aliphatic carbocycles. The van der Waals surface area contributed by atoms with Crippen LogP contribution in [0, 0.1) is 0 Å². The van der Waals surface area contributed by atoms with Crippen molar-refractivity contribution < 1.29 is 4.74 Å². The first kappa shape index (κ1) is 18.3. The Morgan fingerprint density at radius 1 is 1.08 bits per heavy atom. The molecule has 0 amide bonds. The maximum absolute atomic E-state index is 5.77. The molecule has 2 aromatic rings. The van der Waals surface area contributed by atoms with Crippen LogP contribution in [0.15, 0.2) is 41.7 Å². The lowest BCUT2D eigenvalue weighted by Crippen LogP contribution is -2.40. The number of hydrogen-bond acceptors (Lipinski definition) is 4. The minimum atomic E-state index is 0.469.